The number of aryl methyl sites for hydroxylation is 1. The minimum atomic E-state index is 0.725. The van der Waals surface area contributed by atoms with Crippen molar-refractivity contribution in [2.45, 2.75) is 35.2 Å². The van der Waals surface area contributed by atoms with E-state index in [-0.39, 0.29) is 0 Å². The van der Waals surface area contributed by atoms with Gasteiger partial charge in [0.05, 0.1) is 16.1 Å². The van der Waals surface area contributed by atoms with E-state index >= 15 is 0 Å². The summed E-state index contributed by atoms with van der Waals surface area (Å²) in [5.41, 5.74) is 1.24. The molecule has 0 bridgehead atoms. The first-order chi connectivity index (χ1) is 9.20. The zero-order chi connectivity index (χ0) is 13.2. The van der Waals surface area contributed by atoms with E-state index in [9.17, 15) is 0 Å². The van der Waals surface area contributed by atoms with Crippen molar-refractivity contribution in [2.75, 3.05) is 0 Å². The Hall–Kier alpha value is -0.970. The van der Waals surface area contributed by atoms with Gasteiger partial charge >= 0.3 is 0 Å². The molecule has 1 N–H and O–H groups in total. The largest absolute Gasteiger partial charge is 0.310 e. The van der Waals surface area contributed by atoms with E-state index < -0.39 is 0 Å². The molecule has 19 heavy (non-hydrogen) atoms. The molecule has 0 radical (unpaired) electrons. The molecule has 3 rings (SSSR count). The van der Waals surface area contributed by atoms with E-state index in [4.69, 9.17) is 11.6 Å². The number of rotatable bonds is 5. The molecule has 1 aliphatic carbocycles. The molecule has 5 heteroatoms. The summed E-state index contributed by atoms with van der Waals surface area (Å²) in [5, 5.41) is 8.46. The van der Waals surface area contributed by atoms with E-state index in [0.29, 0.717) is 0 Å². The molecule has 0 atom stereocenters. The molecule has 0 unspecified atom stereocenters. The fourth-order valence-electron chi connectivity index (χ4n) is 1.87. The van der Waals surface area contributed by atoms with E-state index in [1.54, 1.807) is 16.4 Å². The van der Waals surface area contributed by atoms with Crippen LogP contribution in [0.2, 0.25) is 5.02 Å². The van der Waals surface area contributed by atoms with Crippen molar-refractivity contribution in [3.05, 3.63) is 41.2 Å². The second-order valence-electron chi connectivity index (χ2n) is 4.87. The minimum Gasteiger partial charge on any atom is -0.310 e. The highest BCUT2D eigenvalue weighted by Crippen LogP contribution is 2.33. The maximum atomic E-state index is 6.34. The molecule has 0 amide bonds. The highest BCUT2D eigenvalue weighted by molar-refractivity contribution is 7.99. The number of halogens is 1. The zero-order valence-corrected chi connectivity index (χ0v) is 12.3. The lowest BCUT2D eigenvalue weighted by atomic mass is 10.2. The van der Waals surface area contributed by atoms with Crippen molar-refractivity contribution in [2.24, 2.45) is 7.05 Å². The van der Waals surface area contributed by atoms with Crippen LogP contribution in [0, 0.1) is 0 Å². The highest BCUT2D eigenvalue weighted by atomic mass is 35.5. The van der Waals surface area contributed by atoms with Crippen LogP contribution in [-0.2, 0) is 13.6 Å². The van der Waals surface area contributed by atoms with Crippen LogP contribution in [-0.4, -0.2) is 15.8 Å². The lowest BCUT2D eigenvalue weighted by Gasteiger charge is -2.07. The Morgan fingerprint density at radius 2 is 2.32 bits per heavy atom. The molecule has 1 saturated carbocycles. The predicted molar refractivity (Wildman–Crippen MR) is 78.6 cm³/mol. The van der Waals surface area contributed by atoms with Crippen LogP contribution >= 0.6 is 23.4 Å². The summed E-state index contributed by atoms with van der Waals surface area (Å²) in [6.07, 6.45) is 6.46. The van der Waals surface area contributed by atoms with Gasteiger partial charge in [0.15, 0.2) is 0 Å². The van der Waals surface area contributed by atoms with Gasteiger partial charge in [-0.3, -0.25) is 4.68 Å². The smallest absolute Gasteiger partial charge is 0.0629 e. The van der Waals surface area contributed by atoms with Crippen LogP contribution in [0.15, 0.2) is 40.4 Å². The molecule has 1 aromatic heterocycles. The lowest BCUT2D eigenvalue weighted by molar-refractivity contribution is 0.687. The van der Waals surface area contributed by atoms with Crippen molar-refractivity contribution in [1.29, 1.82) is 0 Å². The van der Waals surface area contributed by atoms with E-state index in [1.807, 2.05) is 19.4 Å². The fraction of sp³-hybridized carbons (Fsp3) is 0.357. The Kier molecular flexibility index (Phi) is 3.82. The second-order valence-corrected chi connectivity index (χ2v) is 6.39. The Morgan fingerprint density at radius 3 is 2.95 bits per heavy atom. The van der Waals surface area contributed by atoms with E-state index in [0.717, 1.165) is 27.4 Å². The van der Waals surface area contributed by atoms with Crippen LogP contribution in [0.25, 0.3) is 0 Å². The van der Waals surface area contributed by atoms with Gasteiger partial charge in [0.1, 0.15) is 0 Å². The predicted octanol–water partition coefficient (Wildman–Crippen LogP) is 3.48. The van der Waals surface area contributed by atoms with Crippen molar-refractivity contribution >= 4 is 23.4 Å². The third kappa shape index (κ3) is 3.53. The maximum Gasteiger partial charge on any atom is 0.0629 e. The first kappa shape index (κ1) is 13.0. The number of nitrogens with zero attached hydrogens (tertiary/aromatic N) is 2. The Labute approximate surface area is 122 Å². The summed E-state index contributed by atoms with van der Waals surface area (Å²) in [4.78, 5) is 2.18. The topological polar surface area (TPSA) is 29.9 Å². The monoisotopic (exact) mass is 293 g/mol. The van der Waals surface area contributed by atoms with Crippen LogP contribution in [0.5, 0.6) is 0 Å². The quantitative estimate of drug-likeness (QED) is 0.915. The van der Waals surface area contributed by atoms with Crippen LogP contribution in [0.1, 0.15) is 18.4 Å². The molecule has 3 nitrogen and oxygen atoms in total. The van der Waals surface area contributed by atoms with Gasteiger partial charge in [0, 0.05) is 30.7 Å². The summed E-state index contributed by atoms with van der Waals surface area (Å²) in [6.45, 7) is 0.905. The van der Waals surface area contributed by atoms with Gasteiger partial charge < -0.3 is 5.32 Å². The third-order valence-corrected chi connectivity index (χ3v) is 4.52. The van der Waals surface area contributed by atoms with Gasteiger partial charge in [-0.2, -0.15) is 5.10 Å². The third-order valence-electron chi connectivity index (χ3n) is 3.08. The highest BCUT2D eigenvalue weighted by Gasteiger charge is 2.20. The lowest BCUT2D eigenvalue weighted by Crippen LogP contribution is -2.15. The standard InChI is InChI=1S/C14H16ClN3S/c1-18-9-12(8-17-18)19-14-5-2-10(6-13(14)15)7-16-11-3-4-11/h2,5-6,8-9,11,16H,3-4,7H2,1H3. The molecule has 0 spiro atoms. The van der Waals surface area contributed by atoms with Crippen molar-refractivity contribution in [1.82, 2.24) is 15.1 Å². The molecule has 1 aromatic carbocycles. The molecular formula is C14H16ClN3S. The molecular weight excluding hydrogens is 278 g/mol. The van der Waals surface area contributed by atoms with Gasteiger partial charge in [0.2, 0.25) is 0 Å². The molecule has 2 aromatic rings. The number of benzene rings is 1. The molecule has 0 saturated heterocycles. The van der Waals surface area contributed by atoms with Crippen LogP contribution in [0.4, 0.5) is 0 Å². The average molecular weight is 294 g/mol. The first-order valence-corrected chi connectivity index (χ1v) is 7.58. The second kappa shape index (κ2) is 5.57. The Balaban J connectivity index is 1.67. The summed E-state index contributed by atoms with van der Waals surface area (Å²) in [5.74, 6) is 0. The zero-order valence-electron chi connectivity index (χ0n) is 10.8. The van der Waals surface area contributed by atoms with Gasteiger partial charge in [0.25, 0.3) is 0 Å². The summed E-state index contributed by atoms with van der Waals surface area (Å²) in [6, 6.07) is 7.00. The summed E-state index contributed by atoms with van der Waals surface area (Å²) in [7, 11) is 1.91. The Morgan fingerprint density at radius 1 is 1.47 bits per heavy atom. The van der Waals surface area contributed by atoms with Crippen LogP contribution in [0.3, 0.4) is 0 Å². The van der Waals surface area contributed by atoms with Gasteiger partial charge in [-0.25, -0.2) is 0 Å². The molecule has 100 valence electrons. The first-order valence-electron chi connectivity index (χ1n) is 6.39. The SMILES string of the molecule is Cn1cc(Sc2ccc(CNC3CC3)cc2Cl)cn1. The Bertz CT molecular complexity index is 578. The normalized spacial score (nSPS) is 14.8. The minimum absolute atomic E-state index is 0.725. The molecule has 1 aliphatic rings. The summed E-state index contributed by atoms with van der Waals surface area (Å²) < 4.78 is 1.80. The van der Waals surface area contributed by atoms with Crippen molar-refractivity contribution in [3.63, 3.8) is 0 Å². The molecule has 1 heterocycles. The molecule has 0 aliphatic heterocycles. The van der Waals surface area contributed by atoms with Gasteiger partial charge in [-0.15, -0.1) is 0 Å². The number of nitrogens with one attached hydrogen (secondary N) is 1. The van der Waals surface area contributed by atoms with E-state index in [1.165, 1.54) is 18.4 Å². The average Bonchev–Trinajstić information content (AvgIpc) is 3.13. The molecule has 1 fully saturated rings. The number of hydrogen-bond donors (Lipinski definition) is 1. The van der Waals surface area contributed by atoms with Crippen LogP contribution < -0.4 is 5.32 Å². The summed E-state index contributed by atoms with van der Waals surface area (Å²) >= 11 is 7.99. The van der Waals surface area contributed by atoms with Gasteiger partial charge in [-0.1, -0.05) is 29.4 Å². The maximum absolute atomic E-state index is 6.34. The number of hydrogen-bond acceptors (Lipinski definition) is 3. The number of aromatic nitrogens is 2. The van der Waals surface area contributed by atoms with E-state index in [2.05, 4.69) is 28.6 Å². The fourth-order valence-corrected chi connectivity index (χ4v) is 3.04. The van der Waals surface area contributed by atoms with Gasteiger partial charge in [-0.05, 0) is 30.5 Å². The van der Waals surface area contributed by atoms with Crippen molar-refractivity contribution in [3.8, 4) is 0 Å². The van der Waals surface area contributed by atoms with Crippen molar-refractivity contribution < 1.29 is 0 Å².